The van der Waals surface area contributed by atoms with Crippen LogP contribution in [0.1, 0.15) is 35.3 Å². The van der Waals surface area contributed by atoms with Gasteiger partial charge >= 0.3 is 0 Å². The number of amides is 2. The predicted molar refractivity (Wildman–Crippen MR) is 120 cm³/mol. The van der Waals surface area contributed by atoms with Gasteiger partial charge in [0.15, 0.2) is 5.13 Å². The summed E-state index contributed by atoms with van der Waals surface area (Å²) >= 11 is 7.87. The second-order valence-corrected chi connectivity index (χ2v) is 9.23. The summed E-state index contributed by atoms with van der Waals surface area (Å²) in [4.78, 5) is 36.6. The van der Waals surface area contributed by atoms with Crippen molar-refractivity contribution in [3.8, 4) is 0 Å². The van der Waals surface area contributed by atoms with Crippen LogP contribution < -0.4 is 4.90 Å². The van der Waals surface area contributed by atoms with E-state index in [9.17, 15) is 9.59 Å². The van der Waals surface area contributed by atoms with Crippen molar-refractivity contribution in [3.63, 3.8) is 0 Å². The van der Waals surface area contributed by atoms with Gasteiger partial charge in [-0.1, -0.05) is 23.7 Å². The summed E-state index contributed by atoms with van der Waals surface area (Å²) < 4.78 is 0. The van der Waals surface area contributed by atoms with Crippen molar-refractivity contribution in [1.29, 1.82) is 0 Å². The fourth-order valence-electron chi connectivity index (χ4n) is 4.21. The lowest BCUT2D eigenvalue weighted by atomic mass is 9.95. The molecule has 0 spiro atoms. The average molecular weight is 447 g/mol. The van der Waals surface area contributed by atoms with Crippen molar-refractivity contribution in [2.75, 3.05) is 44.2 Å². The lowest BCUT2D eigenvalue weighted by Gasteiger charge is -2.33. The third kappa shape index (κ3) is 4.62. The van der Waals surface area contributed by atoms with Gasteiger partial charge in [-0.15, -0.1) is 11.3 Å². The molecule has 2 aromatic rings. The molecule has 0 radical (unpaired) electrons. The van der Waals surface area contributed by atoms with E-state index in [1.165, 1.54) is 0 Å². The highest BCUT2D eigenvalue weighted by molar-refractivity contribution is 7.13. The Morgan fingerprint density at radius 3 is 2.43 bits per heavy atom. The molecule has 4 rings (SSSR count). The van der Waals surface area contributed by atoms with Crippen LogP contribution in [-0.4, -0.2) is 65.9 Å². The maximum Gasteiger partial charge on any atom is 0.255 e. The minimum Gasteiger partial charge on any atom is -0.348 e. The molecule has 2 fully saturated rings. The highest BCUT2D eigenvalue weighted by Gasteiger charge is 2.31. The Morgan fingerprint density at radius 1 is 1.03 bits per heavy atom. The molecule has 0 unspecified atom stereocenters. The quantitative estimate of drug-likeness (QED) is 0.721. The number of carbonyl (C=O) groups excluding carboxylic acids is 2. The first-order chi connectivity index (χ1) is 14.5. The minimum absolute atomic E-state index is 0.0538. The fourth-order valence-corrected chi connectivity index (χ4v) is 5.28. The van der Waals surface area contributed by atoms with Crippen LogP contribution in [0.4, 0.5) is 5.13 Å². The molecule has 8 heteroatoms. The molecule has 0 N–H and O–H groups in total. The van der Waals surface area contributed by atoms with Crippen LogP contribution in [0.3, 0.4) is 0 Å². The van der Waals surface area contributed by atoms with E-state index in [1.54, 1.807) is 23.5 Å². The van der Waals surface area contributed by atoms with Gasteiger partial charge < -0.3 is 14.7 Å². The number of piperidine rings is 1. The number of benzene rings is 1. The summed E-state index contributed by atoms with van der Waals surface area (Å²) in [6.07, 6.45) is 2.51. The Balaban J connectivity index is 1.32. The molecule has 2 aliphatic rings. The van der Waals surface area contributed by atoms with E-state index in [4.69, 9.17) is 11.6 Å². The third-order valence-electron chi connectivity index (χ3n) is 5.92. The lowest BCUT2D eigenvalue weighted by Crippen LogP contribution is -2.44. The van der Waals surface area contributed by atoms with E-state index < -0.39 is 0 Å². The average Bonchev–Trinajstić information content (AvgIpc) is 3.05. The van der Waals surface area contributed by atoms with E-state index in [-0.39, 0.29) is 17.7 Å². The zero-order valence-corrected chi connectivity index (χ0v) is 18.8. The lowest BCUT2D eigenvalue weighted by molar-refractivity contribution is -0.136. The molecular weight excluding hydrogens is 420 g/mol. The van der Waals surface area contributed by atoms with E-state index in [0.29, 0.717) is 36.8 Å². The summed E-state index contributed by atoms with van der Waals surface area (Å²) in [5.41, 5.74) is 1.58. The standard InChI is InChI=1S/C22H27ClN4O2S/c1-16-15-30-22(24-16)27-11-7-17(8-12-27)20(28)25-9-4-10-26(14-13-25)21(29)18-5-2-3-6-19(18)23/h2-3,5-6,15,17H,4,7-14H2,1H3. The van der Waals surface area contributed by atoms with Crippen LogP contribution in [0.2, 0.25) is 5.02 Å². The molecule has 6 nitrogen and oxygen atoms in total. The first kappa shape index (κ1) is 21.1. The molecule has 0 saturated carbocycles. The normalized spacial score (nSPS) is 18.4. The minimum atomic E-state index is -0.0538. The van der Waals surface area contributed by atoms with Crippen molar-refractivity contribution in [2.45, 2.75) is 26.2 Å². The van der Waals surface area contributed by atoms with Crippen molar-refractivity contribution >= 4 is 39.9 Å². The molecule has 2 amide bonds. The molecule has 160 valence electrons. The fraction of sp³-hybridized carbons (Fsp3) is 0.500. The highest BCUT2D eigenvalue weighted by Crippen LogP contribution is 2.27. The Labute approximate surface area is 186 Å². The molecule has 2 saturated heterocycles. The van der Waals surface area contributed by atoms with Gasteiger partial charge in [-0.2, -0.15) is 0 Å². The van der Waals surface area contributed by atoms with Gasteiger partial charge in [0.1, 0.15) is 0 Å². The first-order valence-electron chi connectivity index (χ1n) is 10.5. The molecule has 1 aromatic heterocycles. The number of rotatable bonds is 3. The van der Waals surface area contributed by atoms with Crippen LogP contribution in [-0.2, 0) is 4.79 Å². The highest BCUT2D eigenvalue weighted by atomic mass is 35.5. The molecule has 0 atom stereocenters. The largest absolute Gasteiger partial charge is 0.348 e. The summed E-state index contributed by atoms with van der Waals surface area (Å²) in [6, 6.07) is 7.15. The molecule has 30 heavy (non-hydrogen) atoms. The monoisotopic (exact) mass is 446 g/mol. The smallest absolute Gasteiger partial charge is 0.255 e. The molecular formula is C22H27ClN4O2S. The summed E-state index contributed by atoms with van der Waals surface area (Å²) in [6.45, 7) is 6.23. The zero-order chi connectivity index (χ0) is 21.1. The van der Waals surface area contributed by atoms with Crippen LogP contribution in [0.5, 0.6) is 0 Å². The van der Waals surface area contributed by atoms with Crippen molar-refractivity contribution in [1.82, 2.24) is 14.8 Å². The topological polar surface area (TPSA) is 56.8 Å². The third-order valence-corrected chi connectivity index (χ3v) is 7.27. The Bertz CT molecular complexity index is 910. The van der Waals surface area contributed by atoms with Gasteiger partial charge in [0.25, 0.3) is 5.91 Å². The number of anilines is 1. The molecule has 0 aliphatic carbocycles. The van der Waals surface area contributed by atoms with E-state index >= 15 is 0 Å². The second-order valence-electron chi connectivity index (χ2n) is 7.98. The number of carbonyl (C=O) groups is 2. The van der Waals surface area contributed by atoms with Gasteiger partial charge in [-0.05, 0) is 38.3 Å². The molecule has 1 aromatic carbocycles. The van der Waals surface area contributed by atoms with Crippen molar-refractivity contribution in [2.24, 2.45) is 5.92 Å². The predicted octanol–water partition coefficient (Wildman–Crippen LogP) is 3.70. The molecule has 3 heterocycles. The maximum atomic E-state index is 13.1. The van der Waals surface area contributed by atoms with Crippen LogP contribution in [0.25, 0.3) is 0 Å². The number of thiazole rings is 1. The van der Waals surface area contributed by atoms with Crippen LogP contribution in [0, 0.1) is 12.8 Å². The second kappa shape index (κ2) is 9.35. The summed E-state index contributed by atoms with van der Waals surface area (Å²) in [7, 11) is 0. The number of hydrogen-bond donors (Lipinski definition) is 0. The SMILES string of the molecule is Cc1csc(N2CCC(C(=O)N3CCCN(C(=O)c4ccccc4Cl)CC3)CC2)n1. The number of nitrogens with zero attached hydrogens (tertiary/aromatic N) is 4. The van der Waals surface area contributed by atoms with Gasteiger partial charge in [-0.3, -0.25) is 9.59 Å². The zero-order valence-electron chi connectivity index (χ0n) is 17.2. The van der Waals surface area contributed by atoms with Crippen LogP contribution in [0.15, 0.2) is 29.6 Å². The first-order valence-corrected chi connectivity index (χ1v) is 11.8. The summed E-state index contributed by atoms with van der Waals surface area (Å²) in [5.74, 6) is 0.243. The van der Waals surface area contributed by atoms with Crippen molar-refractivity contribution in [3.05, 3.63) is 45.9 Å². The number of hydrogen-bond acceptors (Lipinski definition) is 5. The van der Waals surface area contributed by atoms with E-state index in [1.807, 2.05) is 28.9 Å². The Morgan fingerprint density at radius 2 is 1.73 bits per heavy atom. The molecule has 0 bridgehead atoms. The Kier molecular flexibility index (Phi) is 6.58. The van der Waals surface area contributed by atoms with E-state index in [2.05, 4.69) is 15.3 Å². The Hall–Kier alpha value is -2.12. The number of halogens is 1. The van der Waals surface area contributed by atoms with Crippen molar-refractivity contribution < 1.29 is 9.59 Å². The number of aromatic nitrogens is 1. The van der Waals surface area contributed by atoms with E-state index in [0.717, 1.165) is 43.2 Å². The maximum absolute atomic E-state index is 13.1. The summed E-state index contributed by atoms with van der Waals surface area (Å²) in [5, 5.41) is 3.60. The van der Waals surface area contributed by atoms with Crippen LogP contribution >= 0.6 is 22.9 Å². The van der Waals surface area contributed by atoms with Gasteiger partial charge in [0.2, 0.25) is 5.91 Å². The van der Waals surface area contributed by atoms with Gasteiger partial charge in [0.05, 0.1) is 16.3 Å². The van der Waals surface area contributed by atoms with Gasteiger partial charge in [-0.25, -0.2) is 4.98 Å². The molecule has 2 aliphatic heterocycles. The number of aryl methyl sites for hydroxylation is 1. The van der Waals surface area contributed by atoms with Gasteiger partial charge in [0, 0.05) is 50.6 Å².